The minimum atomic E-state index is -0.482. The molecule has 0 fully saturated rings. The van der Waals surface area contributed by atoms with Crippen molar-refractivity contribution in [1.82, 2.24) is 15.1 Å². The summed E-state index contributed by atoms with van der Waals surface area (Å²) in [7, 11) is 0. The Morgan fingerprint density at radius 3 is 2.33 bits per heavy atom. The number of non-ortho nitro benzene ring substituents is 1. The van der Waals surface area contributed by atoms with Gasteiger partial charge in [-0.1, -0.05) is 24.3 Å². The molecule has 0 saturated carbocycles. The van der Waals surface area contributed by atoms with Crippen LogP contribution in [-0.4, -0.2) is 20.6 Å². The summed E-state index contributed by atoms with van der Waals surface area (Å²) >= 11 is 0. The molecule has 166 valence electrons. The lowest BCUT2D eigenvalue weighted by Gasteiger charge is -2.08. The molecule has 1 heterocycles. The fourth-order valence-electron chi connectivity index (χ4n) is 3.37. The number of nitro groups is 1. The van der Waals surface area contributed by atoms with Crippen LogP contribution in [0.4, 0.5) is 10.1 Å². The van der Waals surface area contributed by atoms with Gasteiger partial charge in [0.2, 0.25) is 0 Å². The second-order valence-electron chi connectivity index (χ2n) is 7.71. The zero-order chi connectivity index (χ0) is 23.5. The van der Waals surface area contributed by atoms with Gasteiger partial charge in [-0.2, -0.15) is 5.10 Å². The Morgan fingerprint density at radius 1 is 1.00 bits per heavy atom. The SMILES string of the molecule is Cc1ccc(-c2cc(C(=O)NCc3ccc(F)cc3)n(-c3ccc([N+](=O)[O-])cc3)n2)cc1C. The summed E-state index contributed by atoms with van der Waals surface area (Å²) in [5, 5.41) is 18.5. The Balaban J connectivity index is 1.70. The highest BCUT2D eigenvalue weighted by Gasteiger charge is 2.18. The molecule has 0 aliphatic heterocycles. The largest absolute Gasteiger partial charge is 0.347 e. The van der Waals surface area contributed by atoms with Crippen LogP contribution in [0.15, 0.2) is 72.8 Å². The van der Waals surface area contributed by atoms with Crippen LogP contribution in [0.1, 0.15) is 27.2 Å². The average Bonchev–Trinajstić information content (AvgIpc) is 3.26. The molecule has 8 heteroatoms. The highest BCUT2D eigenvalue weighted by atomic mass is 19.1. The number of carbonyl (C=O) groups is 1. The van der Waals surface area contributed by atoms with Crippen molar-refractivity contribution < 1.29 is 14.1 Å². The molecule has 33 heavy (non-hydrogen) atoms. The number of nitrogens with one attached hydrogen (secondary N) is 1. The lowest BCUT2D eigenvalue weighted by Crippen LogP contribution is -2.25. The lowest BCUT2D eigenvalue weighted by molar-refractivity contribution is -0.384. The van der Waals surface area contributed by atoms with Gasteiger partial charge in [0.15, 0.2) is 0 Å². The Kier molecular flexibility index (Phi) is 5.99. The van der Waals surface area contributed by atoms with Crippen LogP contribution in [0, 0.1) is 29.8 Å². The number of amides is 1. The molecule has 1 aromatic heterocycles. The minimum absolute atomic E-state index is 0.0531. The zero-order valence-electron chi connectivity index (χ0n) is 18.1. The molecule has 0 bridgehead atoms. The first-order chi connectivity index (χ1) is 15.8. The third-order valence-electron chi connectivity index (χ3n) is 5.42. The van der Waals surface area contributed by atoms with E-state index in [4.69, 9.17) is 0 Å². The quantitative estimate of drug-likeness (QED) is 0.330. The highest BCUT2D eigenvalue weighted by molar-refractivity contribution is 5.94. The van der Waals surface area contributed by atoms with Gasteiger partial charge in [-0.05, 0) is 66.9 Å². The van der Waals surface area contributed by atoms with Crippen LogP contribution in [0.2, 0.25) is 0 Å². The first-order valence-corrected chi connectivity index (χ1v) is 10.3. The second kappa shape index (κ2) is 9.04. The summed E-state index contributed by atoms with van der Waals surface area (Å²) in [4.78, 5) is 23.6. The lowest BCUT2D eigenvalue weighted by atomic mass is 10.0. The number of halogens is 1. The molecule has 0 radical (unpaired) electrons. The number of benzene rings is 3. The van der Waals surface area contributed by atoms with Crippen molar-refractivity contribution in [2.75, 3.05) is 0 Å². The summed E-state index contributed by atoms with van der Waals surface area (Å²) in [5.74, 6) is -0.723. The van der Waals surface area contributed by atoms with Crippen molar-refractivity contribution in [3.8, 4) is 16.9 Å². The van der Waals surface area contributed by atoms with Crippen molar-refractivity contribution in [2.45, 2.75) is 20.4 Å². The van der Waals surface area contributed by atoms with Crippen molar-refractivity contribution in [3.63, 3.8) is 0 Å². The fourth-order valence-corrected chi connectivity index (χ4v) is 3.37. The van der Waals surface area contributed by atoms with Gasteiger partial charge < -0.3 is 5.32 Å². The second-order valence-corrected chi connectivity index (χ2v) is 7.71. The first kappa shape index (κ1) is 21.9. The molecule has 0 unspecified atom stereocenters. The van der Waals surface area contributed by atoms with Crippen LogP contribution in [0.25, 0.3) is 16.9 Å². The molecule has 1 amide bonds. The third kappa shape index (κ3) is 4.79. The zero-order valence-corrected chi connectivity index (χ0v) is 18.1. The van der Waals surface area contributed by atoms with E-state index in [9.17, 15) is 19.3 Å². The summed E-state index contributed by atoms with van der Waals surface area (Å²) < 4.78 is 14.6. The number of rotatable bonds is 6. The van der Waals surface area contributed by atoms with Gasteiger partial charge in [0.05, 0.1) is 16.3 Å². The number of aromatic nitrogens is 2. The predicted octanol–water partition coefficient (Wildman–Crippen LogP) is 5.13. The number of hydrogen-bond donors (Lipinski definition) is 1. The van der Waals surface area contributed by atoms with E-state index in [1.54, 1.807) is 30.3 Å². The van der Waals surface area contributed by atoms with Crippen LogP contribution in [0.5, 0.6) is 0 Å². The molecule has 1 N–H and O–H groups in total. The van der Waals surface area contributed by atoms with Crippen molar-refractivity contribution >= 4 is 11.6 Å². The van der Waals surface area contributed by atoms with E-state index in [-0.39, 0.29) is 29.7 Å². The Labute approximate surface area is 189 Å². The van der Waals surface area contributed by atoms with Crippen molar-refractivity contribution in [1.29, 1.82) is 0 Å². The number of carbonyl (C=O) groups excluding carboxylic acids is 1. The molecular weight excluding hydrogens is 423 g/mol. The van der Waals surface area contributed by atoms with Gasteiger partial charge in [0, 0.05) is 24.2 Å². The number of hydrogen-bond acceptors (Lipinski definition) is 4. The first-order valence-electron chi connectivity index (χ1n) is 10.3. The van der Waals surface area contributed by atoms with E-state index in [0.717, 1.165) is 22.3 Å². The minimum Gasteiger partial charge on any atom is -0.347 e. The van der Waals surface area contributed by atoms with Gasteiger partial charge in [-0.3, -0.25) is 14.9 Å². The molecule has 0 atom stereocenters. The van der Waals surface area contributed by atoms with Crippen molar-refractivity contribution in [3.05, 3.63) is 111 Å². The van der Waals surface area contributed by atoms with E-state index in [0.29, 0.717) is 11.4 Å². The topological polar surface area (TPSA) is 90.1 Å². The van der Waals surface area contributed by atoms with Gasteiger partial charge in [-0.15, -0.1) is 0 Å². The van der Waals surface area contributed by atoms with Gasteiger partial charge >= 0.3 is 0 Å². The maximum atomic E-state index is 13.1. The average molecular weight is 444 g/mol. The normalized spacial score (nSPS) is 10.8. The van der Waals surface area contributed by atoms with E-state index in [1.165, 1.54) is 28.9 Å². The molecule has 0 aliphatic rings. The number of aryl methyl sites for hydroxylation is 2. The molecule has 0 spiro atoms. The van der Waals surface area contributed by atoms with Crippen LogP contribution in [0.3, 0.4) is 0 Å². The van der Waals surface area contributed by atoms with Crippen molar-refractivity contribution in [2.24, 2.45) is 0 Å². The standard InChI is InChI=1S/C25H21FN4O3/c1-16-3-6-19(13-17(16)2)23-14-24(25(31)27-15-18-4-7-20(26)8-5-18)29(28-23)21-9-11-22(12-10-21)30(32)33/h3-14H,15H2,1-2H3,(H,27,31). The summed E-state index contributed by atoms with van der Waals surface area (Å²) in [6, 6.07) is 19.3. The van der Waals surface area contributed by atoms with E-state index in [1.807, 2.05) is 32.0 Å². The summed E-state index contributed by atoms with van der Waals surface area (Å²) in [5.41, 5.74) is 5.19. The molecular formula is C25H21FN4O3. The Morgan fingerprint density at radius 2 is 1.70 bits per heavy atom. The third-order valence-corrected chi connectivity index (χ3v) is 5.42. The smallest absolute Gasteiger partial charge is 0.270 e. The maximum absolute atomic E-state index is 13.1. The predicted molar refractivity (Wildman–Crippen MR) is 123 cm³/mol. The van der Waals surface area contributed by atoms with E-state index in [2.05, 4.69) is 10.4 Å². The molecule has 0 aliphatic carbocycles. The fraction of sp³-hybridized carbons (Fsp3) is 0.120. The molecule has 3 aromatic carbocycles. The molecule has 0 saturated heterocycles. The maximum Gasteiger partial charge on any atom is 0.270 e. The van der Waals surface area contributed by atoms with Gasteiger partial charge in [0.1, 0.15) is 11.5 Å². The monoisotopic (exact) mass is 444 g/mol. The van der Waals surface area contributed by atoms with Crippen LogP contribution >= 0.6 is 0 Å². The Bertz CT molecular complexity index is 1330. The van der Waals surface area contributed by atoms with Gasteiger partial charge in [0.25, 0.3) is 11.6 Å². The summed E-state index contributed by atoms with van der Waals surface area (Å²) in [6.45, 7) is 4.23. The highest BCUT2D eigenvalue weighted by Crippen LogP contribution is 2.25. The van der Waals surface area contributed by atoms with Gasteiger partial charge in [-0.25, -0.2) is 9.07 Å². The summed E-state index contributed by atoms with van der Waals surface area (Å²) in [6.07, 6.45) is 0. The van der Waals surface area contributed by atoms with Crippen LogP contribution < -0.4 is 5.32 Å². The molecule has 4 aromatic rings. The van der Waals surface area contributed by atoms with E-state index >= 15 is 0 Å². The number of nitro benzene ring substituents is 1. The van der Waals surface area contributed by atoms with Crippen LogP contribution in [-0.2, 0) is 6.54 Å². The number of nitrogens with zero attached hydrogens (tertiary/aromatic N) is 3. The Hall–Kier alpha value is -4.33. The molecule has 4 rings (SSSR count). The van der Waals surface area contributed by atoms with E-state index < -0.39 is 4.92 Å². The molecule has 7 nitrogen and oxygen atoms in total.